The maximum Gasteiger partial charge on any atom is 0.255 e. The first-order chi connectivity index (χ1) is 28.7. The van der Waals surface area contributed by atoms with Gasteiger partial charge in [0.1, 0.15) is 17.5 Å². The van der Waals surface area contributed by atoms with Crippen LogP contribution in [0.1, 0.15) is 113 Å². The number of aryl methyl sites for hydroxylation is 1. The van der Waals surface area contributed by atoms with Crippen LogP contribution in [-0.4, -0.2) is 78.0 Å². The van der Waals surface area contributed by atoms with Gasteiger partial charge in [0.05, 0.1) is 13.2 Å². The number of carbonyl (C=O) groups excluding carboxylic acids is 3. The van der Waals surface area contributed by atoms with E-state index >= 15 is 0 Å². The van der Waals surface area contributed by atoms with E-state index in [9.17, 15) is 19.5 Å². The number of benzene rings is 4. The summed E-state index contributed by atoms with van der Waals surface area (Å²) in [4.78, 5) is 44.7. The molecule has 4 fully saturated rings. The molecule has 3 saturated heterocycles. The fourth-order valence-electron chi connectivity index (χ4n) is 12.5. The molecule has 1 saturated carbocycles. The number of piperidine rings is 3. The van der Waals surface area contributed by atoms with E-state index in [1.54, 1.807) is 4.90 Å². The Balaban J connectivity index is 0.685. The number of likely N-dealkylation sites (tertiary alicyclic amines) is 1. The molecule has 0 unspecified atom stereocenters. The highest BCUT2D eigenvalue weighted by Gasteiger charge is 2.50. The molecular formula is C50H54N4O5. The summed E-state index contributed by atoms with van der Waals surface area (Å²) in [6.45, 7) is 6.57. The Morgan fingerprint density at radius 3 is 2.34 bits per heavy atom. The molecule has 9 heteroatoms. The molecule has 304 valence electrons. The van der Waals surface area contributed by atoms with Crippen LogP contribution in [0.15, 0.2) is 84.9 Å². The molecule has 5 aliphatic heterocycles. The molecule has 11 rings (SSSR count). The average Bonchev–Trinajstić information content (AvgIpc) is 3.78. The van der Waals surface area contributed by atoms with Crippen molar-refractivity contribution in [1.82, 2.24) is 15.1 Å². The van der Waals surface area contributed by atoms with E-state index in [1.165, 1.54) is 65.7 Å². The first kappa shape index (κ1) is 36.9. The van der Waals surface area contributed by atoms with E-state index in [-0.39, 0.29) is 35.5 Å². The summed E-state index contributed by atoms with van der Waals surface area (Å²) >= 11 is 0. The molecule has 4 aromatic rings. The van der Waals surface area contributed by atoms with E-state index in [2.05, 4.69) is 81.8 Å². The van der Waals surface area contributed by atoms with Crippen molar-refractivity contribution >= 4 is 23.4 Å². The average molecular weight is 791 g/mol. The minimum Gasteiger partial charge on any atom is -0.508 e. The molecule has 0 radical (unpaired) electrons. The Morgan fingerprint density at radius 2 is 1.58 bits per heavy atom. The number of fused-ring (bicyclic) bond motifs is 5. The molecule has 4 aromatic carbocycles. The summed E-state index contributed by atoms with van der Waals surface area (Å²) in [6.07, 6.45) is 10.0. The highest BCUT2D eigenvalue weighted by atomic mass is 16.5. The van der Waals surface area contributed by atoms with Crippen LogP contribution in [0.25, 0.3) is 0 Å². The third-order valence-electron chi connectivity index (χ3n) is 15.8. The van der Waals surface area contributed by atoms with Crippen LogP contribution >= 0.6 is 0 Å². The number of rotatable bonds is 6. The Morgan fingerprint density at radius 1 is 0.797 bits per heavy atom. The summed E-state index contributed by atoms with van der Waals surface area (Å²) < 4.78 is 6.43. The third-order valence-corrected chi connectivity index (χ3v) is 15.8. The monoisotopic (exact) mass is 790 g/mol. The zero-order valence-corrected chi connectivity index (χ0v) is 33.8. The molecule has 2 spiro atoms. The Kier molecular flexibility index (Phi) is 8.91. The number of anilines is 1. The largest absolute Gasteiger partial charge is 0.508 e. The van der Waals surface area contributed by atoms with Gasteiger partial charge < -0.3 is 24.5 Å². The Bertz CT molecular complexity index is 2300. The second-order valence-corrected chi connectivity index (χ2v) is 19.0. The first-order valence-electron chi connectivity index (χ1n) is 22.1. The second-order valence-electron chi connectivity index (χ2n) is 19.0. The summed E-state index contributed by atoms with van der Waals surface area (Å²) in [7, 11) is 0. The lowest BCUT2D eigenvalue weighted by Gasteiger charge is -2.54. The smallest absolute Gasteiger partial charge is 0.255 e. The van der Waals surface area contributed by atoms with E-state index in [1.807, 2.05) is 18.2 Å². The Hall–Kier alpha value is -5.15. The lowest BCUT2D eigenvalue weighted by molar-refractivity contribution is -0.136. The predicted octanol–water partition coefficient (Wildman–Crippen LogP) is 7.44. The van der Waals surface area contributed by atoms with Gasteiger partial charge in [-0.05, 0) is 141 Å². The van der Waals surface area contributed by atoms with E-state index in [0.29, 0.717) is 42.2 Å². The normalized spacial score (nSPS) is 26.0. The van der Waals surface area contributed by atoms with Crippen molar-refractivity contribution in [2.75, 3.05) is 44.2 Å². The summed E-state index contributed by atoms with van der Waals surface area (Å²) in [6, 6.07) is 29.8. The zero-order chi connectivity index (χ0) is 39.9. The van der Waals surface area contributed by atoms with Crippen LogP contribution < -0.4 is 15.0 Å². The molecule has 59 heavy (non-hydrogen) atoms. The molecule has 3 atom stereocenters. The van der Waals surface area contributed by atoms with Gasteiger partial charge in [-0.1, -0.05) is 54.6 Å². The van der Waals surface area contributed by atoms with Gasteiger partial charge in [-0.15, -0.1) is 0 Å². The fraction of sp³-hybridized carbons (Fsp3) is 0.460. The molecule has 0 bridgehead atoms. The number of nitrogens with zero attached hydrogens (tertiary/aromatic N) is 3. The maximum absolute atomic E-state index is 13.4. The van der Waals surface area contributed by atoms with Crippen molar-refractivity contribution in [2.45, 2.75) is 94.0 Å². The second kappa shape index (κ2) is 14.3. The topological polar surface area (TPSA) is 102 Å². The third kappa shape index (κ3) is 6.34. The van der Waals surface area contributed by atoms with Gasteiger partial charge in [-0.2, -0.15) is 0 Å². The van der Waals surface area contributed by atoms with Crippen molar-refractivity contribution in [2.24, 2.45) is 11.3 Å². The van der Waals surface area contributed by atoms with E-state index in [4.69, 9.17) is 4.74 Å². The van der Waals surface area contributed by atoms with Gasteiger partial charge in [0.25, 0.3) is 5.91 Å². The molecule has 2 aliphatic carbocycles. The Labute approximate surface area is 346 Å². The number of hydrogen-bond acceptors (Lipinski definition) is 7. The molecule has 0 aromatic heterocycles. The van der Waals surface area contributed by atoms with Crippen LogP contribution in [0.4, 0.5) is 5.69 Å². The number of ether oxygens (including phenoxy) is 1. The van der Waals surface area contributed by atoms with Crippen molar-refractivity contribution in [3.05, 3.63) is 124 Å². The molecule has 3 amide bonds. The SMILES string of the molecule is O=C1CC[C@H](N2Cc3c(ccc4c3OCC43CCN(CC4CC5(CCN(c6ccc([C@@H]7c8ccc(O)cc8CC[C@@H]7c7ccccc7)cc6)CC5)C4)CC3)C2=O)C(=O)N1. The minimum atomic E-state index is -0.615. The lowest BCUT2D eigenvalue weighted by Crippen LogP contribution is -2.52. The summed E-state index contributed by atoms with van der Waals surface area (Å²) in [5, 5.41) is 12.7. The van der Waals surface area contributed by atoms with Gasteiger partial charge in [-0.25, -0.2) is 0 Å². The quantitative estimate of drug-likeness (QED) is 0.196. The van der Waals surface area contributed by atoms with Crippen LogP contribution in [0.5, 0.6) is 11.5 Å². The van der Waals surface area contributed by atoms with Crippen molar-refractivity contribution in [3.63, 3.8) is 0 Å². The van der Waals surface area contributed by atoms with Crippen molar-refractivity contribution in [1.29, 1.82) is 0 Å². The number of phenolic OH excluding ortho intramolecular Hbond substituents is 1. The summed E-state index contributed by atoms with van der Waals surface area (Å²) in [5.74, 6) is 1.88. The fourth-order valence-corrected chi connectivity index (χ4v) is 12.5. The van der Waals surface area contributed by atoms with Crippen LogP contribution in [0, 0.1) is 11.3 Å². The van der Waals surface area contributed by atoms with Crippen LogP contribution in [0.3, 0.4) is 0 Å². The van der Waals surface area contributed by atoms with Crippen molar-refractivity contribution < 1.29 is 24.2 Å². The van der Waals surface area contributed by atoms with Crippen LogP contribution in [0.2, 0.25) is 0 Å². The van der Waals surface area contributed by atoms with Crippen LogP contribution in [-0.2, 0) is 28.0 Å². The van der Waals surface area contributed by atoms with Gasteiger partial charge in [0, 0.05) is 59.8 Å². The number of hydrogen-bond donors (Lipinski definition) is 2. The molecular weight excluding hydrogens is 737 g/mol. The number of phenols is 1. The number of aromatic hydroxyl groups is 1. The highest BCUT2D eigenvalue weighted by Crippen LogP contribution is 2.55. The molecule has 7 aliphatic rings. The maximum atomic E-state index is 13.4. The molecule has 5 heterocycles. The first-order valence-corrected chi connectivity index (χ1v) is 22.1. The number of nitrogens with one attached hydrogen (secondary N) is 1. The zero-order valence-electron chi connectivity index (χ0n) is 33.8. The van der Waals surface area contributed by atoms with E-state index < -0.39 is 6.04 Å². The number of carbonyl (C=O) groups is 3. The predicted molar refractivity (Wildman–Crippen MR) is 226 cm³/mol. The summed E-state index contributed by atoms with van der Waals surface area (Å²) in [5.41, 5.74) is 9.95. The molecule has 9 nitrogen and oxygen atoms in total. The number of imide groups is 1. The standard InChI is InChI=1S/C50H54N4O5/c55-37-11-13-39-35(26-37)8-12-38(33-4-2-1-3-5-33)45(39)34-6-9-36(10-7-34)53-24-18-49(19-25-53)27-32(28-49)29-52-22-20-50(21-23-52)31-59-46-41-30-54(43-16-17-44(56)51-47(43)57)48(58)40(41)14-15-42(46)50/h1-7,9-11,13-15,26,32,38,43,45,55H,8,12,16-25,27-31H2,(H,51,56,57)/t38-,43+,45+/m1/s1. The molecule has 2 N–H and O–H groups in total. The van der Waals surface area contributed by atoms with E-state index in [0.717, 1.165) is 69.1 Å². The number of amides is 3. The van der Waals surface area contributed by atoms with Gasteiger partial charge in [0.15, 0.2) is 0 Å². The lowest BCUT2D eigenvalue weighted by atomic mass is 9.57. The minimum absolute atomic E-state index is 0.0215. The van der Waals surface area contributed by atoms with Crippen molar-refractivity contribution in [3.8, 4) is 11.5 Å². The highest BCUT2D eigenvalue weighted by molar-refractivity contribution is 6.05. The van der Waals surface area contributed by atoms with Gasteiger partial charge in [0.2, 0.25) is 11.8 Å². The van der Waals surface area contributed by atoms with Gasteiger partial charge in [-0.3, -0.25) is 19.7 Å². The van der Waals surface area contributed by atoms with Gasteiger partial charge >= 0.3 is 0 Å².